The number of quaternary nitrogens is 1. The molecule has 206 valence electrons. The van der Waals surface area contributed by atoms with Crippen LogP contribution < -0.4 is 4.74 Å². The number of aryl methyl sites for hydroxylation is 1. The van der Waals surface area contributed by atoms with Crippen LogP contribution in [0.2, 0.25) is 0 Å². The standard InChI is InChI=1S/C33H52NO3/c1-6-7-8-9-10-11-12-16-21-31-22-17-18-23-32(31)37-29(3)24-25-36-33(35)28(2)26-34(4,5)27-30-19-14-13-15-20-30/h13-15,17-20,22-23,28-29H,6-12,16,21,24-27H2,1-5H3/q+1. The highest BCUT2D eigenvalue weighted by Gasteiger charge is 2.25. The summed E-state index contributed by atoms with van der Waals surface area (Å²) in [7, 11) is 4.33. The first-order valence-electron chi connectivity index (χ1n) is 14.6. The fraction of sp³-hybridized carbons (Fsp3) is 0.606. The molecule has 0 saturated carbocycles. The van der Waals surface area contributed by atoms with Gasteiger partial charge in [0.1, 0.15) is 18.2 Å². The van der Waals surface area contributed by atoms with Gasteiger partial charge in [-0.3, -0.25) is 4.79 Å². The highest BCUT2D eigenvalue weighted by Crippen LogP contribution is 2.23. The molecular formula is C33H52NO3+. The second kappa shape index (κ2) is 17.2. The lowest BCUT2D eigenvalue weighted by atomic mass is 10.0. The summed E-state index contributed by atoms with van der Waals surface area (Å²) in [6.07, 6.45) is 12.3. The maximum Gasteiger partial charge on any atom is 0.314 e. The van der Waals surface area contributed by atoms with E-state index < -0.39 is 0 Å². The number of benzene rings is 2. The number of unbranched alkanes of at least 4 members (excludes halogenated alkanes) is 7. The van der Waals surface area contributed by atoms with Crippen molar-refractivity contribution in [2.75, 3.05) is 27.2 Å². The molecule has 0 saturated heterocycles. The Morgan fingerprint density at radius 3 is 2.16 bits per heavy atom. The van der Waals surface area contributed by atoms with E-state index in [1.54, 1.807) is 0 Å². The van der Waals surface area contributed by atoms with Crippen LogP contribution in [0.5, 0.6) is 5.75 Å². The predicted octanol–water partition coefficient (Wildman–Crippen LogP) is 7.98. The minimum atomic E-state index is -0.151. The Morgan fingerprint density at radius 1 is 0.838 bits per heavy atom. The van der Waals surface area contributed by atoms with Crippen molar-refractivity contribution in [2.24, 2.45) is 5.92 Å². The first-order valence-corrected chi connectivity index (χ1v) is 14.6. The van der Waals surface area contributed by atoms with Crippen LogP contribution in [0.25, 0.3) is 0 Å². The van der Waals surface area contributed by atoms with Crippen molar-refractivity contribution in [3.8, 4) is 5.75 Å². The highest BCUT2D eigenvalue weighted by molar-refractivity contribution is 5.72. The first kappa shape index (κ1) is 30.9. The third-order valence-corrected chi connectivity index (χ3v) is 6.99. The van der Waals surface area contributed by atoms with Gasteiger partial charge in [0, 0.05) is 12.0 Å². The van der Waals surface area contributed by atoms with Gasteiger partial charge < -0.3 is 14.0 Å². The first-order chi connectivity index (χ1) is 17.8. The van der Waals surface area contributed by atoms with Crippen molar-refractivity contribution >= 4 is 5.97 Å². The highest BCUT2D eigenvalue weighted by atomic mass is 16.5. The molecule has 2 aromatic carbocycles. The topological polar surface area (TPSA) is 35.5 Å². The van der Waals surface area contributed by atoms with E-state index in [2.05, 4.69) is 70.4 Å². The summed E-state index contributed by atoms with van der Waals surface area (Å²) >= 11 is 0. The molecule has 0 bridgehead atoms. The molecular weight excluding hydrogens is 458 g/mol. The van der Waals surface area contributed by atoms with Gasteiger partial charge in [-0.2, -0.15) is 0 Å². The number of esters is 1. The van der Waals surface area contributed by atoms with Crippen LogP contribution in [-0.2, 0) is 22.5 Å². The van der Waals surface area contributed by atoms with Crippen molar-refractivity contribution in [1.29, 1.82) is 0 Å². The summed E-state index contributed by atoms with van der Waals surface area (Å²) in [6, 6.07) is 18.8. The van der Waals surface area contributed by atoms with Crippen LogP contribution in [0.1, 0.15) is 89.7 Å². The minimum absolute atomic E-state index is 0.00637. The molecule has 2 unspecified atom stereocenters. The number of rotatable bonds is 19. The quantitative estimate of drug-likeness (QED) is 0.109. The molecule has 4 heteroatoms. The third-order valence-electron chi connectivity index (χ3n) is 6.99. The molecule has 0 N–H and O–H groups in total. The lowest BCUT2D eigenvalue weighted by molar-refractivity contribution is -0.905. The molecule has 0 spiro atoms. The summed E-state index contributed by atoms with van der Waals surface area (Å²) < 4.78 is 12.6. The molecule has 2 atom stereocenters. The number of ether oxygens (including phenoxy) is 2. The Morgan fingerprint density at radius 2 is 1.46 bits per heavy atom. The molecule has 0 fully saturated rings. The van der Waals surface area contributed by atoms with Gasteiger partial charge in [0.25, 0.3) is 0 Å². The molecule has 4 nitrogen and oxygen atoms in total. The van der Waals surface area contributed by atoms with Crippen LogP contribution in [0.15, 0.2) is 54.6 Å². The lowest BCUT2D eigenvalue weighted by Gasteiger charge is -2.32. The van der Waals surface area contributed by atoms with Gasteiger partial charge in [0.05, 0.1) is 33.4 Å². The smallest absolute Gasteiger partial charge is 0.314 e. The SMILES string of the molecule is CCCCCCCCCCc1ccccc1OC(C)CCOC(=O)C(C)C[N+](C)(C)Cc1ccccc1. The van der Waals surface area contributed by atoms with Crippen LogP contribution in [0.3, 0.4) is 0 Å². The van der Waals surface area contributed by atoms with E-state index >= 15 is 0 Å². The molecule has 0 aromatic heterocycles. The van der Waals surface area contributed by atoms with E-state index in [1.165, 1.54) is 62.5 Å². The fourth-order valence-electron chi connectivity index (χ4n) is 4.98. The Kier molecular flexibility index (Phi) is 14.4. The van der Waals surface area contributed by atoms with Crippen LogP contribution in [0.4, 0.5) is 0 Å². The number of carbonyl (C=O) groups excluding carboxylic acids is 1. The van der Waals surface area contributed by atoms with Crippen molar-refractivity contribution < 1.29 is 18.8 Å². The third kappa shape index (κ3) is 13.2. The maximum atomic E-state index is 12.6. The lowest BCUT2D eigenvalue weighted by Crippen LogP contribution is -2.44. The van der Waals surface area contributed by atoms with Gasteiger partial charge in [-0.25, -0.2) is 0 Å². The molecule has 0 aliphatic heterocycles. The Hall–Kier alpha value is -2.33. The van der Waals surface area contributed by atoms with Crippen LogP contribution in [-0.4, -0.2) is 43.8 Å². The van der Waals surface area contributed by atoms with Crippen LogP contribution >= 0.6 is 0 Å². The van der Waals surface area contributed by atoms with Gasteiger partial charge in [0.2, 0.25) is 0 Å². The number of nitrogens with zero attached hydrogens (tertiary/aromatic N) is 1. The minimum Gasteiger partial charge on any atom is -0.490 e. The van der Waals surface area contributed by atoms with E-state index in [-0.39, 0.29) is 18.0 Å². The molecule has 0 aliphatic carbocycles. The second-order valence-corrected chi connectivity index (χ2v) is 11.4. The van der Waals surface area contributed by atoms with Crippen molar-refractivity contribution in [3.05, 3.63) is 65.7 Å². The molecule has 0 amide bonds. The Labute approximate surface area is 227 Å². The van der Waals surface area contributed by atoms with Gasteiger partial charge in [-0.05, 0) is 38.3 Å². The monoisotopic (exact) mass is 510 g/mol. The van der Waals surface area contributed by atoms with E-state index in [4.69, 9.17) is 9.47 Å². The van der Waals surface area contributed by atoms with Gasteiger partial charge in [-0.1, -0.05) is 100 Å². The Bertz CT molecular complexity index is 880. The number of hydrogen-bond donors (Lipinski definition) is 0. The number of carbonyl (C=O) groups is 1. The molecule has 0 aliphatic rings. The van der Waals surface area contributed by atoms with Gasteiger partial charge >= 0.3 is 5.97 Å². The largest absolute Gasteiger partial charge is 0.490 e. The molecule has 0 heterocycles. The molecule has 37 heavy (non-hydrogen) atoms. The zero-order valence-corrected chi connectivity index (χ0v) is 24.2. The molecule has 2 aromatic rings. The summed E-state index contributed by atoms with van der Waals surface area (Å²) in [6.45, 7) is 8.31. The van der Waals surface area contributed by atoms with Crippen molar-refractivity contribution in [2.45, 2.75) is 97.6 Å². The second-order valence-electron chi connectivity index (χ2n) is 11.4. The zero-order chi connectivity index (χ0) is 26.9. The summed E-state index contributed by atoms with van der Waals surface area (Å²) in [5.74, 6) is 0.696. The van der Waals surface area contributed by atoms with E-state index in [0.29, 0.717) is 13.0 Å². The van der Waals surface area contributed by atoms with Crippen molar-refractivity contribution in [3.63, 3.8) is 0 Å². The fourth-order valence-corrected chi connectivity index (χ4v) is 4.98. The number of hydrogen-bond acceptors (Lipinski definition) is 3. The Balaban J connectivity index is 1.68. The predicted molar refractivity (Wildman–Crippen MR) is 155 cm³/mol. The van der Waals surface area contributed by atoms with E-state index in [9.17, 15) is 4.79 Å². The van der Waals surface area contributed by atoms with Crippen LogP contribution in [0, 0.1) is 5.92 Å². The van der Waals surface area contributed by atoms with Crippen molar-refractivity contribution in [1.82, 2.24) is 0 Å². The number of para-hydroxylation sites is 1. The summed E-state index contributed by atoms with van der Waals surface area (Å²) in [4.78, 5) is 12.6. The average Bonchev–Trinajstić information content (AvgIpc) is 2.86. The molecule has 2 rings (SSSR count). The van der Waals surface area contributed by atoms with Gasteiger partial charge in [-0.15, -0.1) is 0 Å². The zero-order valence-electron chi connectivity index (χ0n) is 24.2. The maximum absolute atomic E-state index is 12.6. The van der Waals surface area contributed by atoms with E-state index in [0.717, 1.165) is 29.7 Å². The molecule has 0 radical (unpaired) electrons. The summed E-state index contributed by atoms with van der Waals surface area (Å²) in [5, 5.41) is 0. The van der Waals surface area contributed by atoms with E-state index in [1.807, 2.05) is 19.1 Å². The normalized spacial score (nSPS) is 13.2. The van der Waals surface area contributed by atoms with Gasteiger partial charge in [0.15, 0.2) is 0 Å². The average molecular weight is 511 g/mol. The summed E-state index contributed by atoms with van der Waals surface area (Å²) in [5.41, 5.74) is 2.56.